The molecule has 0 aliphatic carbocycles. The number of aryl methyl sites for hydroxylation is 1. The summed E-state index contributed by atoms with van der Waals surface area (Å²) in [4.78, 5) is 21.1. The summed E-state index contributed by atoms with van der Waals surface area (Å²) in [6.45, 7) is 2.49. The summed E-state index contributed by atoms with van der Waals surface area (Å²) in [7, 11) is 0. The first-order valence-corrected chi connectivity index (χ1v) is 9.82. The summed E-state index contributed by atoms with van der Waals surface area (Å²) in [5, 5.41) is 17.9. The van der Waals surface area contributed by atoms with E-state index in [-0.39, 0.29) is 23.7 Å². The van der Waals surface area contributed by atoms with Gasteiger partial charge in [0.05, 0.1) is 22.6 Å². The van der Waals surface area contributed by atoms with E-state index in [1.165, 1.54) is 0 Å². The second-order valence-electron chi connectivity index (χ2n) is 7.04. The summed E-state index contributed by atoms with van der Waals surface area (Å²) in [5.41, 5.74) is 9.30. The third-order valence-corrected chi connectivity index (χ3v) is 5.03. The molecular weight excluding hydrogens is 414 g/mol. The fourth-order valence-corrected chi connectivity index (χ4v) is 3.42. The topological polar surface area (TPSA) is 123 Å². The number of hydrogen-bond acceptors (Lipinski definition) is 6. The largest absolute Gasteiger partial charge is 0.384 e. The number of nitrogens with one attached hydrogen (secondary N) is 1. The van der Waals surface area contributed by atoms with Gasteiger partial charge in [0.2, 0.25) is 0 Å². The summed E-state index contributed by atoms with van der Waals surface area (Å²) in [5.74, 6) is 0.0425. The minimum absolute atomic E-state index is 0.0650. The van der Waals surface area contributed by atoms with Gasteiger partial charge in [-0.25, -0.2) is 4.98 Å². The molecule has 3 heterocycles. The van der Waals surface area contributed by atoms with Crippen LogP contribution in [-0.4, -0.2) is 25.7 Å². The fraction of sp³-hybridized carbons (Fsp3) is 0.136. The Bertz CT molecular complexity index is 1340. The maximum atomic E-state index is 12.7. The van der Waals surface area contributed by atoms with Crippen molar-refractivity contribution in [1.82, 2.24) is 25.1 Å². The molecule has 0 aliphatic rings. The SMILES string of the molecule is Cc1nc(N)ccc1CNC(=O)c1cn(Cc2ccc3ncc(Cl)cc3c2)nc1C#N. The van der Waals surface area contributed by atoms with Gasteiger partial charge in [-0.1, -0.05) is 23.7 Å². The Kier molecular flexibility index (Phi) is 5.52. The van der Waals surface area contributed by atoms with Gasteiger partial charge in [0.1, 0.15) is 11.9 Å². The van der Waals surface area contributed by atoms with Crippen molar-refractivity contribution in [3.63, 3.8) is 0 Å². The lowest BCUT2D eigenvalue weighted by Gasteiger charge is -2.07. The molecule has 1 aromatic carbocycles. The second kappa shape index (κ2) is 8.42. The monoisotopic (exact) mass is 431 g/mol. The summed E-state index contributed by atoms with van der Waals surface area (Å²) >= 11 is 6.03. The molecular formula is C22H18ClN7O. The zero-order valence-corrected chi connectivity index (χ0v) is 17.4. The number of hydrogen-bond donors (Lipinski definition) is 2. The van der Waals surface area contributed by atoms with E-state index in [1.807, 2.05) is 43.3 Å². The van der Waals surface area contributed by atoms with Gasteiger partial charge in [-0.05, 0) is 42.3 Å². The number of pyridine rings is 2. The smallest absolute Gasteiger partial charge is 0.256 e. The summed E-state index contributed by atoms with van der Waals surface area (Å²) < 4.78 is 1.57. The molecule has 0 unspecified atom stereocenters. The van der Waals surface area contributed by atoms with E-state index in [9.17, 15) is 10.1 Å². The van der Waals surface area contributed by atoms with E-state index in [1.54, 1.807) is 23.1 Å². The highest BCUT2D eigenvalue weighted by Crippen LogP contribution is 2.19. The molecule has 0 bridgehead atoms. The Morgan fingerprint density at radius 2 is 2.13 bits per heavy atom. The van der Waals surface area contributed by atoms with Gasteiger partial charge in [-0.3, -0.25) is 14.5 Å². The van der Waals surface area contributed by atoms with Crippen molar-refractivity contribution in [3.8, 4) is 6.07 Å². The van der Waals surface area contributed by atoms with Crippen LogP contribution in [0.15, 0.2) is 48.8 Å². The van der Waals surface area contributed by atoms with Crippen LogP contribution in [-0.2, 0) is 13.1 Å². The van der Waals surface area contributed by atoms with Crippen LogP contribution in [0, 0.1) is 18.3 Å². The normalized spacial score (nSPS) is 10.7. The van der Waals surface area contributed by atoms with Gasteiger partial charge in [-0.2, -0.15) is 10.4 Å². The van der Waals surface area contributed by atoms with Crippen molar-refractivity contribution >= 4 is 34.2 Å². The molecule has 4 aromatic rings. The van der Waals surface area contributed by atoms with Crippen LogP contribution in [0.4, 0.5) is 5.82 Å². The molecule has 31 heavy (non-hydrogen) atoms. The molecule has 0 fully saturated rings. The zero-order valence-electron chi connectivity index (χ0n) is 16.6. The summed E-state index contributed by atoms with van der Waals surface area (Å²) in [6.07, 6.45) is 3.17. The van der Waals surface area contributed by atoms with Crippen molar-refractivity contribution < 1.29 is 4.79 Å². The van der Waals surface area contributed by atoms with Crippen molar-refractivity contribution in [2.24, 2.45) is 0 Å². The van der Waals surface area contributed by atoms with Crippen LogP contribution in [0.5, 0.6) is 0 Å². The van der Waals surface area contributed by atoms with Gasteiger partial charge in [0.15, 0.2) is 5.69 Å². The van der Waals surface area contributed by atoms with E-state index >= 15 is 0 Å². The number of nitrogens with zero attached hydrogens (tertiary/aromatic N) is 5. The van der Waals surface area contributed by atoms with E-state index in [2.05, 4.69) is 20.4 Å². The number of carbonyl (C=O) groups excluding carboxylic acids is 1. The number of carbonyl (C=O) groups is 1. The number of aromatic nitrogens is 4. The van der Waals surface area contributed by atoms with Crippen molar-refractivity contribution in [2.75, 3.05) is 5.73 Å². The Labute approximate surface area is 183 Å². The van der Waals surface area contributed by atoms with Crippen LogP contribution in [0.2, 0.25) is 5.02 Å². The lowest BCUT2D eigenvalue weighted by Crippen LogP contribution is -2.23. The molecule has 3 N–H and O–H groups in total. The molecule has 0 atom stereocenters. The molecule has 0 radical (unpaired) electrons. The maximum Gasteiger partial charge on any atom is 0.256 e. The summed E-state index contributed by atoms with van der Waals surface area (Å²) in [6, 6.07) is 13.1. The van der Waals surface area contributed by atoms with E-state index in [0.717, 1.165) is 27.7 Å². The molecule has 9 heteroatoms. The second-order valence-corrected chi connectivity index (χ2v) is 7.48. The fourth-order valence-electron chi connectivity index (χ4n) is 3.26. The van der Waals surface area contributed by atoms with Gasteiger partial charge in [0.25, 0.3) is 5.91 Å². The molecule has 4 rings (SSSR count). The molecule has 0 saturated carbocycles. The van der Waals surface area contributed by atoms with Gasteiger partial charge >= 0.3 is 0 Å². The Morgan fingerprint density at radius 3 is 2.90 bits per heavy atom. The molecule has 3 aromatic heterocycles. The lowest BCUT2D eigenvalue weighted by atomic mass is 10.1. The highest BCUT2D eigenvalue weighted by Gasteiger charge is 2.17. The number of nitrogens with two attached hydrogens (primary N) is 1. The maximum absolute atomic E-state index is 12.7. The Morgan fingerprint density at radius 1 is 1.29 bits per heavy atom. The van der Waals surface area contributed by atoms with Crippen molar-refractivity contribution in [3.05, 3.63) is 81.9 Å². The van der Waals surface area contributed by atoms with Gasteiger partial charge in [-0.15, -0.1) is 0 Å². The minimum Gasteiger partial charge on any atom is -0.384 e. The highest BCUT2D eigenvalue weighted by molar-refractivity contribution is 6.31. The van der Waals surface area contributed by atoms with Crippen LogP contribution >= 0.6 is 11.6 Å². The van der Waals surface area contributed by atoms with E-state index < -0.39 is 0 Å². The third kappa shape index (κ3) is 4.47. The van der Waals surface area contributed by atoms with Crippen LogP contribution in [0.25, 0.3) is 10.9 Å². The van der Waals surface area contributed by atoms with Crippen LogP contribution < -0.4 is 11.1 Å². The zero-order chi connectivity index (χ0) is 22.0. The minimum atomic E-state index is -0.381. The quantitative estimate of drug-likeness (QED) is 0.500. The number of rotatable bonds is 5. The molecule has 0 aliphatic heterocycles. The number of amides is 1. The lowest BCUT2D eigenvalue weighted by molar-refractivity contribution is 0.0950. The number of halogens is 1. The number of nitrogen functional groups attached to an aromatic ring is 1. The van der Waals surface area contributed by atoms with Crippen molar-refractivity contribution in [2.45, 2.75) is 20.0 Å². The predicted octanol–water partition coefficient (Wildman–Crippen LogP) is 3.22. The Balaban J connectivity index is 1.52. The first kappa shape index (κ1) is 20.3. The first-order valence-electron chi connectivity index (χ1n) is 9.45. The third-order valence-electron chi connectivity index (χ3n) is 4.83. The number of anilines is 1. The van der Waals surface area contributed by atoms with Crippen molar-refractivity contribution in [1.29, 1.82) is 5.26 Å². The average molecular weight is 432 g/mol. The standard InChI is InChI=1S/C22H18ClN7O/c1-13-15(3-5-21(25)28-13)9-27-22(31)18-12-30(29-20(18)8-24)11-14-2-4-19-16(6-14)7-17(23)10-26-19/h2-7,10,12H,9,11H2,1H3,(H2,25,28)(H,27,31). The average Bonchev–Trinajstić information content (AvgIpc) is 3.15. The Hall–Kier alpha value is -3.96. The molecule has 8 nitrogen and oxygen atoms in total. The predicted molar refractivity (Wildman–Crippen MR) is 117 cm³/mol. The van der Waals surface area contributed by atoms with Gasteiger partial charge in [0, 0.05) is 30.0 Å². The number of fused-ring (bicyclic) bond motifs is 1. The molecule has 1 amide bonds. The molecule has 0 spiro atoms. The highest BCUT2D eigenvalue weighted by atomic mass is 35.5. The molecule has 154 valence electrons. The van der Waals surface area contributed by atoms with E-state index in [4.69, 9.17) is 17.3 Å². The van der Waals surface area contributed by atoms with Crippen LogP contribution in [0.3, 0.4) is 0 Å². The van der Waals surface area contributed by atoms with E-state index in [0.29, 0.717) is 17.4 Å². The number of nitriles is 1. The first-order chi connectivity index (χ1) is 14.9. The van der Waals surface area contributed by atoms with Crippen LogP contribution in [0.1, 0.15) is 32.9 Å². The molecule has 0 saturated heterocycles. The van der Waals surface area contributed by atoms with Gasteiger partial charge < -0.3 is 11.1 Å². The number of benzene rings is 1.